The summed E-state index contributed by atoms with van der Waals surface area (Å²) in [5, 5.41) is 34.4. The Morgan fingerprint density at radius 3 is 2.12 bits per heavy atom. The summed E-state index contributed by atoms with van der Waals surface area (Å²) in [6.07, 6.45) is -2.59. The molecule has 0 aliphatic carbocycles. The number of nitrogens with zero attached hydrogens (tertiary/aromatic N) is 2. The Kier molecular flexibility index (Phi) is 12.5. The van der Waals surface area contributed by atoms with Gasteiger partial charge in [-0.2, -0.15) is 0 Å². The lowest BCUT2D eigenvalue weighted by Gasteiger charge is -2.20. The van der Waals surface area contributed by atoms with Gasteiger partial charge in [-0.3, -0.25) is 9.59 Å². The molecular formula is C40H40FN3O8. The number of aliphatic hydroxyl groups is 2. The Morgan fingerprint density at radius 2 is 1.50 bits per heavy atom. The van der Waals surface area contributed by atoms with Crippen LogP contribution in [0.4, 0.5) is 10.1 Å². The van der Waals surface area contributed by atoms with Crippen LogP contribution in [0.2, 0.25) is 0 Å². The SMILES string of the molecule is CC(C)c1c(C(=O)Nc2ccccc2)c(-c2ccccc2)c(-c2ccc(F)cc2)n1CC[C@H](O)C[C@H](O)CC(=O)Oc1ccc(CO[N+](=O)[O-])cc1. The molecule has 1 amide bonds. The standard InChI is InChI=1S/C40H40FN3O8/c1-26(2)38-37(40(48)42-31-11-7-4-8-12-31)36(28-9-5-3-6-10-28)39(29-15-17-30(41)18-16-29)43(38)22-21-32(45)23-33(46)24-35(47)52-34-19-13-27(14-20-34)25-51-44(49)50/h3-20,26,32-33,45-46H,21-25H2,1-2H3,(H,42,48)/t32-,33-/m0/s1. The number of rotatable bonds is 16. The summed E-state index contributed by atoms with van der Waals surface area (Å²) in [6, 6.07) is 30.6. The number of anilines is 1. The lowest BCUT2D eigenvalue weighted by molar-refractivity contribution is -0.763. The number of para-hydroxylation sites is 1. The van der Waals surface area contributed by atoms with E-state index in [0.717, 1.165) is 11.3 Å². The van der Waals surface area contributed by atoms with E-state index in [1.54, 1.807) is 24.3 Å². The van der Waals surface area contributed by atoms with Crippen LogP contribution in [0.15, 0.2) is 109 Å². The van der Waals surface area contributed by atoms with E-state index >= 15 is 0 Å². The normalized spacial score (nSPS) is 12.3. The second-order valence-corrected chi connectivity index (χ2v) is 12.6. The molecule has 0 fully saturated rings. The predicted octanol–water partition coefficient (Wildman–Crippen LogP) is 7.54. The molecule has 0 saturated heterocycles. The molecule has 0 radical (unpaired) electrons. The Hall–Kier alpha value is -5.85. The summed E-state index contributed by atoms with van der Waals surface area (Å²) in [4.78, 5) is 41.5. The van der Waals surface area contributed by atoms with Crippen molar-refractivity contribution < 1.29 is 38.9 Å². The molecule has 0 unspecified atom stereocenters. The van der Waals surface area contributed by atoms with Crippen LogP contribution in [0.3, 0.4) is 0 Å². The number of esters is 1. The fourth-order valence-electron chi connectivity index (χ4n) is 6.15. The fraction of sp³-hybridized carbons (Fsp3) is 0.250. The molecule has 0 bridgehead atoms. The van der Waals surface area contributed by atoms with Crippen LogP contribution in [-0.2, 0) is 22.8 Å². The summed E-state index contributed by atoms with van der Waals surface area (Å²) in [6.45, 7) is 3.95. The van der Waals surface area contributed by atoms with Gasteiger partial charge in [-0.1, -0.05) is 74.5 Å². The maximum Gasteiger partial charge on any atom is 0.313 e. The lowest BCUT2D eigenvalue weighted by atomic mass is 9.94. The van der Waals surface area contributed by atoms with E-state index in [1.165, 1.54) is 36.4 Å². The molecule has 52 heavy (non-hydrogen) atoms. The molecule has 5 aromatic rings. The van der Waals surface area contributed by atoms with E-state index in [-0.39, 0.29) is 50.0 Å². The number of hydrogen-bond acceptors (Lipinski definition) is 8. The van der Waals surface area contributed by atoms with E-state index in [9.17, 15) is 34.3 Å². The van der Waals surface area contributed by atoms with Crippen LogP contribution in [0.1, 0.15) is 60.6 Å². The highest BCUT2D eigenvalue weighted by atomic mass is 19.1. The minimum atomic E-state index is -1.21. The quantitative estimate of drug-likeness (QED) is 0.0411. The van der Waals surface area contributed by atoms with E-state index in [0.29, 0.717) is 33.6 Å². The molecule has 11 nitrogen and oxygen atoms in total. The molecule has 1 heterocycles. The number of amides is 1. The van der Waals surface area contributed by atoms with Crippen molar-refractivity contribution in [1.29, 1.82) is 0 Å². The van der Waals surface area contributed by atoms with Gasteiger partial charge in [0.1, 0.15) is 18.2 Å². The lowest BCUT2D eigenvalue weighted by Crippen LogP contribution is -2.24. The van der Waals surface area contributed by atoms with Gasteiger partial charge < -0.3 is 29.7 Å². The fourth-order valence-corrected chi connectivity index (χ4v) is 6.15. The summed E-state index contributed by atoms with van der Waals surface area (Å²) in [5.74, 6) is -1.41. The van der Waals surface area contributed by atoms with Crippen LogP contribution in [0.25, 0.3) is 22.4 Å². The van der Waals surface area contributed by atoms with Crippen molar-refractivity contribution >= 4 is 17.6 Å². The van der Waals surface area contributed by atoms with Gasteiger partial charge in [0.2, 0.25) is 0 Å². The van der Waals surface area contributed by atoms with Gasteiger partial charge in [-0.05, 0) is 84.0 Å². The molecule has 2 atom stereocenters. The molecule has 270 valence electrons. The molecule has 12 heteroatoms. The minimum absolute atomic E-state index is 0.122. The number of halogens is 1. The number of benzene rings is 4. The number of ether oxygens (including phenoxy) is 1. The van der Waals surface area contributed by atoms with E-state index in [1.807, 2.05) is 66.9 Å². The van der Waals surface area contributed by atoms with Crippen molar-refractivity contribution in [2.24, 2.45) is 0 Å². The third-order valence-corrected chi connectivity index (χ3v) is 8.41. The average molecular weight is 710 g/mol. The molecule has 5 rings (SSSR count). The van der Waals surface area contributed by atoms with Crippen molar-refractivity contribution in [3.05, 3.63) is 142 Å². The highest BCUT2D eigenvalue weighted by Crippen LogP contribution is 2.42. The first-order valence-corrected chi connectivity index (χ1v) is 16.9. The number of aliphatic hydroxyl groups excluding tert-OH is 2. The molecule has 0 saturated carbocycles. The maximum absolute atomic E-state index is 14.2. The summed E-state index contributed by atoms with van der Waals surface area (Å²) < 4.78 is 21.5. The summed E-state index contributed by atoms with van der Waals surface area (Å²) in [7, 11) is 0. The van der Waals surface area contributed by atoms with Crippen LogP contribution in [0.5, 0.6) is 5.75 Å². The zero-order valence-electron chi connectivity index (χ0n) is 28.8. The first-order valence-electron chi connectivity index (χ1n) is 16.9. The van der Waals surface area contributed by atoms with Gasteiger partial charge in [0.15, 0.2) is 0 Å². The predicted molar refractivity (Wildman–Crippen MR) is 193 cm³/mol. The Balaban J connectivity index is 1.39. The Morgan fingerprint density at radius 1 is 0.865 bits per heavy atom. The topological polar surface area (TPSA) is 153 Å². The molecule has 0 aliphatic heterocycles. The van der Waals surface area contributed by atoms with Crippen molar-refractivity contribution in [1.82, 2.24) is 4.57 Å². The molecular weight excluding hydrogens is 669 g/mol. The second-order valence-electron chi connectivity index (χ2n) is 12.6. The summed E-state index contributed by atoms with van der Waals surface area (Å²) >= 11 is 0. The molecule has 3 N–H and O–H groups in total. The number of carbonyl (C=O) groups is 2. The zero-order chi connectivity index (χ0) is 37.2. The first-order chi connectivity index (χ1) is 25.0. The number of aromatic nitrogens is 1. The highest BCUT2D eigenvalue weighted by Gasteiger charge is 2.31. The third-order valence-electron chi connectivity index (χ3n) is 8.41. The number of hydrogen-bond donors (Lipinski definition) is 3. The zero-order valence-corrected chi connectivity index (χ0v) is 28.8. The van der Waals surface area contributed by atoms with Crippen LogP contribution >= 0.6 is 0 Å². The monoisotopic (exact) mass is 709 g/mol. The third kappa shape index (κ3) is 9.68. The Bertz CT molecular complexity index is 1960. The van der Waals surface area contributed by atoms with Gasteiger partial charge in [-0.25, -0.2) is 4.39 Å². The highest BCUT2D eigenvalue weighted by molar-refractivity contribution is 6.12. The average Bonchev–Trinajstić information content (AvgIpc) is 3.47. The van der Waals surface area contributed by atoms with E-state index < -0.39 is 29.1 Å². The van der Waals surface area contributed by atoms with Gasteiger partial charge in [0.05, 0.1) is 29.9 Å². The van der Waals surface area contributed by atoms with E-state index in [4.69, 9.17) is 4.74 Å². The molecule has 0 spiro atoms. The molecule has 1 aromatic heterocycles. The van der Waals surface area contributed by atoms with Crippen LogP contribution < -0.4 is 10.1 Å². The van der Waals surface area contributed by atoms with Gasteiger partial charge in [-0.15, -0.1) is 10.1 Å². The second kappa shape index (κ2) is 17.4. The number of carbonyl (C=O) groups excluding carboxylic acids is 2. The largest absolute Gasteiger partial charge is 0.426 e. The van der Waals surface area contributed by atoms with Crippen molar-refractivity contribution in [2.75, 3.05) is 5.32 Å². The summed E-state index contributed by atoms with van der Waals surface area (Å²) in [5.41, 5.74) is 5.12. The van der Waals surface area contributed by atoms with Gasteiger partial charge in [0, 0.05) is 23.5 Å². The minimum Gasteiger partial charge on any atom is -0.426 e. The van der Waals surface area contributed by atoms with Crippen LogP contribution in [-0.4, -0.2) is 44.0 Å². The van der Waals surface area contributed by atoms with Gasteiger partial charge in [0.25, 0.3) is 11.0 Å². The smallest absolute Gasteiger partial charge is 0.313 e. The molecule has 0 aliphatic rings. The van der Waals surface area contributed by atoms with Crippen molar-refractivity contribution in [2.45, 2.75) is 64.4 Å². The van der Waals surface area contributed by atoms with Crippen molar-refractivity contribution in [3.63, 3.8) is 0 Å². The number of nitrogens with one attached hydrogen (secondary N) is 1. The van der Waals surface area contributed by atoms with Crippen LogP contribution in [0, 0.1) is 15.9 Å². The van der Waals surface area contributed by atoms with Crippen molar-refractivity contribution in [3.8, 4) is 28.1 Å². The van der Waals surface area contributed by atoms with E-state index in [2.05, 4.69) is 10.2 Å². The maximum atomic E-state index is 14.2. The Labute approximate surface area is 300 Å². The first kappa shape index (κ1) is 37.4. The van der Waals surface area contributed by atoms with Gasteiger partial charge >= 0.3 is 5.97 Å². The molecule has 4 aromatic carbocycles.